The molecule has 0 fully saturated rings. The van der Waals surface area contributed by atoms with Gasteiger partial charge >= 0.3 is 0 Å². The summed E-state index contributed by atoms with van der Waals surface area (Å²) in [6.07, 6.45) is 3.20. The molecule has 0 aliphatic heterocycles. The lowest BCUT2D eigenvalue weighted by Crippen LogP contribution is -2.33. The smallest absolute Gasteiger partial charge is 0.244 e. The van der Waals surface area contributed by atoms with E-state index in [-0.39, 0.29) is 11.5 Å². The molecule has 7 heteroatoms. The summed E-state index contributed by atoms with van der Waals surface area (Å²) in [5, 5.41) is 11.2. The van der Waals surface area contributed by atoms with Crippen molar-refractivity contribution in [2.75, 3.05) is 20.3 Å². The second-order valence-corrected chi connectivity index (χ2v) is 8.04. The van der Waals surface area contributed by atoms with Crippen LogP contribution in [-0.2, 0) is 10.0 Å². The van der Waals surface area contributed by atoms with Crippen molar-refractivity contribution in [3.05, 3.63) is 66.5 Å². The number of nitrogens with zero attached hydrogens (tertiary/aromatic N) is 2. The average Bonchev–Trinajstić information content (AvgIpc) is 2.69. The molecule has 0 aliphatic carbocycles. The maximum Gasteiger partial charge on any atom is 0.244 e. The molecule has 1 N–H and O–H groups in total. The van der Waals surface area contributed by atoms with E-state index in [1.165, 1.54) is 11.4 Å². The van der Waals surface area contributed by atoms with E-state index < -0.39 is 16.1 Å². The van der Waals surface area contributed by atoms with Crippen LogP contribution in [0.4, 0.5) is 0 Å². The lowest BCUT2D eigenvalue weighted by molar-refractivity contribution is 0.204. The lowest BCUT2D eigenvalue weighted by Gasteiger charge is -2.27. The molecule has 0 radical (unpaired) electrons. The van der Waals surface area contributed by atoms with Gasteiger partial charge in [0.1, 0.15) is 5.75 Å². The van der Waals surface area contributed by atoms with E-state index in [0.29, 0.717) is 23.3 Å². The molecular weight excluding hydrogens is 364 g/mol. The highest BCUT2D eigenvalue weighted by atomic mass is 32.2. The molecule has 1 heterocycles. The van der Waals surface area contributed by atoms with Crippen molar-refractivity contribution in [1.29, 1.82) is 0 Å². The van der Waals surface area contributed by atoms with Crippen molar-refractivity contribution in [3.63, 3.8) is 0 Å². The Balaban J connectivity index is 1.99. The van der Waals surface area contributed by atoms with Gasteiger partial charge in [0, 0.05) is 30.2 Å². The molecule has 142 valence electrons. The molecule has 3 rings (SSSR count). The van der Waals surface area contributed by atoms with Crippen LogP contribution in [0.5, 0.6) is 5.75 Å². The quantitative estimate of drug-likeness (QED) is 0.675. The highest BCUT2D eigenvalue weighted by molar-refractivity contribution is 7.89. The third-order valence-electron chi connectivity index (χ3n) is 4.49. The number of hydrogen-bond acceptors (Lipinski definition) is 5. The minimum atomic E-state index is -3.83. The first-order valence-electron chi connectivity index (χ1n) is 8.63. The second-order valence-electron chi connectivity index (χ2n) is 6.07. The SMILES string of the molecule is CCOc1ccc(C(CO)N(C)S(=O)(=O)c2cccc3cnccc23)cc1. The van der Waals surface area contributed by atoms with E-state index in [4.69, 9.17) is 4.74 Å². The van der Waals surface area contributed by atoms with Crippen molar-refractivity contribution < 1.29 is 18.3 Å². The predicted octanol–water partition coefficient (Wildman–Crippen LogP) is 2.99. The Morgan fingerprint density at radius 1 is 1.15 bits per heavy atom. The van der Waals surface area contributed by atoms with Crippen LogP contribution in [0.3, 0.4) is 0 Å². The summed E-state index contributed by atoms with van der Waals surface area (Å²) < 4.78 is 33.1. The summed E-state index contributed by atoms with van der Waals surface area (Å²) in [5.41, 5.74) is 0.689. The van der Waals surface area contributed by atoms with Gasteiger partial charge in [-0.05, 0) is 36.8 Å². The largest absolute Gasteiger partial charge is 0.494 e. The molecule has 1 atom stereocenters. The minimum Gasteiger partial charge on any atom is -0.494 e. The second kappa shape index (κ2) is 8.04. The van der Waals surface area contributed by atoms with Crippen molar-refractivity contribution in [2.24, 2.45) is 0 Å². The van der Waals surface area contributed by atoms with Gasteiger partial charge in [0.2, 0.25) is 10.0 Å². The lowest BCUT2D eigenvalue weighted by atomic mass is 10.1. The zero-order valence-electron chi connectivity index (χ0n) is 15.2. The maximum absolute atomic E-state index is 13.3. The topological polar surface area (TPSA) is 79.7 Å². The average molecular weight is 386 g/mol. The normalized spacial score (nSPS) is 13.0. The molecule has 3 aromatic rings. The highest BCUT2D eigenvalue weighted by Gasteiger charge is 2.30. The third-order valence-corrected chi connectivity index (χ3v) is 6.41. The summed E-state index contributed by atoms with van der Waals surface area (Å²) in [5.74, 6) is 0.699. The van der Waals surface area contributed by atoms with E-state index in [1.54, 1.807) is 54.9 Å². The number of aliphatic hydroxyl groups excluding tert-OH is 1. The number of likely N-dealkylation sites (N-methyl/N-ethyl adjacent to an activating group) is 1. The maximum atomic E-state index is 13.3. The van der Waals surface area contributed by atoms with E-state index in [0.717, 1.165) is 5.39 Å². The van der Waals surface area contributed by atoms with E-state index in [9.17, 15) is 13.5 Å². The Hall–Kier alpha value is -2.48. The summed E-state index contributed by atoms with van der Waals surface area (Å²) >= 11 is 0. The molecule has 2 aromatic carbocycles. The standard InChI is InChI=1S/C20H22N2O4S/c1-3-26-17-9-7-15(8-10-17)19(14-23)22(2)27(24,25)20-6-4-5-16-13-21-12-11-18(16)20/h4-13,19,23H,3,14H2,1-2H3. The van der Waals surface area contributed by atoms with Gasteiger partial charge in [0.15, 0.2) is 0 Å². The monoisotopic (exact) mass is 386 g/mol. The van der Waals surface area contributed by atoms with Gasteiger partial charge in [-0.1, -0.05) is 24.3 Å². The van der Waals surface area contributed by atoms with E-state index in [2.05, 4.69) is 4.98 Å². The van der Waals surface area contributed by atoms with Crippen LogP contribution in [-0.4, -0.2) is 43.1 Å². The van der Waals surface area contributed by atoms with E-state index >= 15 is 0 Å². The summed E-state index contributed by atoms with van der Waals surface area (Å²) in [4.78, 5) is 4.23. The van der Waals surface area contributed by atoms with Gasteiger partial charge in [0.25, 0.3) is 0 Å². The zero-order valence-corrected chi connectivity index (χ0v) is 16.1. The zero-order chi connectivity index (χ0) is 19.4. The number of fused-ring (bicyclic) bond motifs is 1. The van der Waals surface area contributed by atoms with Crippen LogP contribution >= 0.6 is 0 Å². The highest BCUT2D eigenvalue weighted by Crippen LogP contribution is 2.30. The van der Waals surface area contributed by atoms with Gasteiger partial charge in [0.05, 0.1) is 24.2 Å². The Bertz CT molecular complexity index is 1010. The van der Waals surface area contributed by atoms with Crippen molar-refractivity contribution in [3.8, 4) is 5.75 Å². The Morgan fingerprint density at radius 2 is 1.89 bits per heavy atom. The molecule has 0 saturated carbocycles. The fourth-order valence-corrected chi connectivity index (χ4v) is 4.57. The van der Waals surface area contributed by atoms with Crippen molar-refractivity contribution >= 4 is 20.8 Å². The Kier molecular flexibility index (Phi) is 5.74. The van der Waals surface area contributed by atoms with Gasteiger partial charge in [-0.3, -0.25) is 4.98 Å². The minimum absolute atomic E-state index is 0.189. The summed E-state index contributed by atoms with van der Waals surface area (Å²) in [7, 11) is -2.35. The molecule has 0 amide bonds. The number of aromatic nitrogens is 1. The predicted molar refractivity (Wildman–Crippen MR) is 104 cm³/mol. The number of hydrogen-bond donors (Lipinski definition) is 1. The number of pyridine rings is 1. The molecule has 6 nitrogen and oxygen atoms in total. The van der Waals surface area contributed by atoms with Crippen LogP contribution in [0.25, 0.3) is 10.8 Å². The number of ether oxygens (including phenoxy) is 1. The van der Waals surface area contributed by atoms with Gasteiger partial charge in [-0.15, -0.1) is 0 Å². The Labute approximate surface area is 159 Å². The van der Waals surface area contributed by atoms with Crippen LogP contribution in [0.1, 0.15) is 18.5 Å². The van der Waals surface area contributed by atoms with Gasteiger partial charge < -0.3 is 9.84 Å². The van der Waals surface area contributed by atoms with Crippen LogP contribution in [0, 0.1) is 0 Å². The molecule has 1 aromatic heterocycles. The first-order valence-corrected chi connectivity index (χ1v) is 10.1. The first-order chi connectivity index (χ1) is 13.0. The van der Waals surface area contributed by atoms with Gasteiger partial charge in [-0.2, -0.15) is 4.31 Å². The molecule has 0 aliphatic rings. The number of benzene rings is 2. The number of aliphatic hydroxyl groups is 1. The van der Waals surface area contributed by atoms with Crippen molar-refractivity contribution in [1.82, 2.24) is 9.29 Å². The van der Waals surface area contributed by atoms with Crippen LogP contribution < -0.4 is 4.74 Å². The summed E-state index contributed by atoms with van der Waals surface area (Å²) in [6.45, 7) is 2.10. The fourth-order valence-electron chi connectivity index (χ4n) is 3.02. The van der Waals surface area contributed by atoms with E-state index in [1.807, 2.05) is 13.0 Å². The molecule has 1 unspecified atom stereocenters. The fraction of sp³-hybridized carbons (Fsp3) is 0.250. The number of rotatable bonds is 7. The molecule has 0 spiro atoms. The third kappa shape index (κ3) is 3.80. The number of sulfonamides is 1. The van der Waals surface area contributed by atoms with Crippen LogP contribution in [0.2, 0.25) is 0 Å². The molecule has 0 saturated heterocycles. The van der Waals surface area contributed by atoms with Crippen molar-refractivity contribution in [2.45, 2.75) is 17.9 Å². The Morgan fingerprint density at radius 3 is 2.56 bits per heavy atom. The van der Waals surface area contributed by atoms with Crippen LogP contribution in [0.15, 0.2) is 65.8 Å². The summed E-state index contributed by atoms with van der Waals surface area (Å²) in [6, 6.07) is 13.1. The van der Waals surface area contributed by atoms with Gasteiger partial charge in [-0.25, -0.2) is 8.42 Å². The first kappa shape index (κ1) is 19.3. The molecule has 0 bridgehead atoms. The molecular formula is C20H22N2O4S. The molecule has 27 heavy (non-hydrogen) atoms.